The van der Waals surface area contributed by atoms with E-state index >= 15 is 0 Å². The highest BCUT2D eigenvalue weighted by Crippen LogP contribution is 2.34. The van der Waals surface area contributed by atoms with Gasteiger partial charge in [-0.2, -0.15) is 0 Å². The monoisotopic (exact) mass is 401 g/mol. The van der Waals surface area contributed by atoms with Crippen molar-refractivity contribution in [3.05, 3.63) is 33.8 Å². The van der Waals surface area contributed by atoms with E-state index in [4.69, 9.17) is 0 Å². The average Bonchev–Trinajstić information content (AvgIpc) is 2.41. The number of benzene rings is 1. The molecule has 1 saturated carbocycles. The van der Waals surface area contributed by atoms with Gasteiger partial charge in [-0.1, -0.05) is 47.8 Å². The highest BCUT2D eigenvalue weighted by Gasteiger charge is 2.35. The molecule has 2 nitrogen and oxygen atoms in total. The SMILES string of the molecule is Cc1cccc(C(=O)NC2(CBr)CCCC(C)C2)c1Br. The third-order valence-electron chi connectivity index (χ3n) is 4.16. The molecule has 4 heteroatoms. The normalized spacial score (nSPS) is 26.3. The first-order chi connectivity index (χ1) is 9.47. The molecule has 2 rings (SSSR count). The van der Waals surface area contributed by atoms with Crippen molar-refractivity contribution in [3.63, 3.8) is 0 Å². The molecule has 1 aliphatic carbocycles. The van der Waals surface area contributed by atoms with Crippen molar-refractivity contribution >= 4 is 37.8 Å². The minimum atomic E-state index is -0.0993. The molecule has 0 saturated heterocycles. The molecular formula is C16H21Br2NO. The highest BCUT2D eigenvalue weighted by atomic mass is 79.9. The summed E-state index contributed by atoms with van der Waals surface area (Å²) in [6, 6.07) is 5.81. The van der Waals surface area contributed by atoms with Gasteiger partial charge in [0.2, 0.25) is 0 Å². The van der Waals surface area contributed by atoms with Crippen molar-refractivity contribution in [2.75, 3.05) is 5.33 Å². The van der Waals surface area contributed by atoms with Gasteiger partial charge < -0.3 is 5.32 Å². The molecule has 0 radical (unpaired) electrons. The second-order valence-corrected chi connectivity index (χ2v) is 7.36. The zero-order valence-corrected chi connectivity index (χ0v) is 15.2. The summed E-state index contributed by atoms with van der Waals surface area (Å²) in [6.45, 7) is 4.27. The third kappa shape index (κ3) is 3.45. The Labute approximate surface area is 138 Å². The minimum Gasteiger partial charge on any atom is -0.346 e. The number of carbonyl (C=O) groups excluding carboxylic acids is 1. The van der Waals surface area contributed by atoms with E-state index in [-0.39, 0.29) is 11.4 Å². The Bertz CT molecular complexity index is 503. The Morgan fingerprint density at radius 3 is 2.90 bits per heavy atom. The van der Waals surface area contributed by atoms with Gasteiger partial charge in [0.1, 0.15) is 0 Å². The summed E-state index contributed by atoms with van der Waals surface area (Å²) in [7, 11) is 0. The average molecular weight is 403 g/mol. The van der Waals surface area contributed by atoms with Crippen molar-refractivity contribution < 1.29 is 4.79 Å². The lowest BCUT2D eigenvalue weighted by molar-refractivity contribution is 0.0868. The number of aryl methyl sites for hydroxylation is 1. The highest BCUT2D eigenvalue weighted by molar-refractivity contribution is 9.10. The second kappa shape index (κ2) is 6.61. The van der Waals surface area contributed by atoms with Crippen LogP contribution in [0.4, 0.5) is 0 Å². The maximum atomic E-state index is 12.6. The van der Waals surface area contributed by atoms with Crippen LogP contribution in [-0.2, 0) is 0 Å². The molecule has 1 aromatic carbocycles. The fourth-order valence-electron chi connectivity index (χ4n) is 3.06. The van der Waals surface area contributed by atoms with Crippen LogP contribution in [0.2, 0.25) is 0 Å². The molecule has 2 atom stereocenters. The van der Waals surface area contributed by atoms with Crippen molar-refractivity contribution in [1.82, 2.24) is 5.32 Å². The summed E-state index contributed by atoms with van der Waals surface area (Å²) in [6.07, 6.45) is 4.55. The summed E-state index contributed by atoms with van der Waals surface area (Å²) in [5, 5.41) is 4.10. The van der Waals surface area contributed by atoms with Crippen LogP contribution in [0.5, 0.6) is 0 Å². The number of halogens is 2. The summed E-state index contributed by atoms with van der Waals surface area (Å²) in [5.41, 5.74) is 1.71. The quantitative estimate of drug-likeness (QED) is 0.720. The second-order valence-electron chi connectivity index (χ2n) is 6.01. The molecule has 0 aliphatic heterocycles. The lowest BCUT2D eigenvalue weighted by Crippen LogP contribution is -2.52. The van der Waals surface area contributed by atoms with Gasteiger partial charge in [-0.25, -0.2) is 0 Å². The molecule has 1 aromatic rings. The third-order valence-corrected chi connectivity index (χ3v) is 6.29. The van der Waals surface area contributed by atoms with E-state index in [9.17, 15) is 4.79 Å². The van der Waals surface area contributed by atoms with E-state index in [0.717, 1.165) is 33.8 Å². The van der Waals surface area contributed by atoms with Crippen LogP contribution in [0.1, 0.15) is 48.5 Å². The Morgan fingerprint density at radius 2 is 2.25 bits per heavy atom. The number of hydrogen-bond donors (Lipinski definition) is 1. The van der Waals surface area contributed by atoms with Gasteiger partial charge in [0.25, 0.3) is 5.91 Å². The van der Waals surface area contributed by atoms with Gasteiger partial charge in [-0.05, 0) is 53.2 Å². The fourth-order valence-corrected chi connectivity index (χ4v) is 4.15. The Morgan fingerprint density at radius 1 is 1.50 bits per heavy atom. The van der Waals surface area contributed by atoms with E-state index < -0.39 is 0 Å². The zero-order chi connectivity index (χ0) is 14.8. The first-order valence-corrected chi connectivity index (χ1v) is 9.02. The maximum absolute atomic E-state index is 12.6. The molecule has 1 fully saturated rings. The van der Waals surface area contributed by atoms with Gasteiger partial charge in [0.05, 0.1) is 11.1 Å². The van der Waals surface area contributed by atoms with Crippen LogP contribution >= 0.6 is 31.9 Å². The van der Waals surface area contributed by atoms with E-state index in [0.29, 0.717) is 5.92 Å². The topological polar surface area (TPSA) is 29.1 Å². The van der Waals surface area contributed by atoms with Crippen LogP contribution in [0.3, 0.4) is 0 Å². The fraction of sp³-hybridized carbons (Fsp3) is 0.562. The predicted octanol–water partition coefficient (Wildman–Crippen LogP) is 4.83. The first kappa shape index (κ1) is 16.0. The Hall–Kier alpha value is -0.350. The van der Waals surface area contributed by atoms with Gasteiger partial charge in [-0.15, -0.1) is 0 Å². The summed E-state index contributed by atoms with van der Waals surface area (Å²) < 4.78 is 0.895. The molecule has 20 heavy (non-hydrogen) atoms. The van der Waals surface area contributed by atoms with Crippen molar-refractivity contribution in [2.45, 2.75) is 45.1 Å². The summed E-state index contributed by atoms with van der Waals surface area (Å²) in [5.74, 6) is 0.691. The van der Waals surface area contributed by atoms with Gasteiger partial charge in [-0.3, -0.25) is 4.79 Å². The summed E-state index contributed by atoms with van der Waals surface area (Å²) in [4.78, 5) is 12.6. The van der Waals surface area contributed by atoms with Crippen molar-refractivity contribution in [3.8, 4) is 0 Å². The number of carbonyl (C=O) groups is 1. The number of alkyl halides is 1. The number of rotatable bonds is 3. The molecule has 1 aliphatic rings. The molecule has 0 heterocycles. The molecule has 0 aromatic heterocycles. The van der Waals surface area contributed by atoms with E-state index in [2.05, 4.69) is 44.1 Å². The predicted molar refractivity (Wildman–Crippen MR) is 90.5 cm³/mol. The summed E-state index contributed by atoms with van der Waals surface area (Å²) >= 11 is 7.13. The van der Waals surface area contributed by atoms with E-state index in [1.54, 1.807) is 0 Å². The van der Waals surface area contributed by atoms with Crippen LogP contribution in [0.15, 0.2) is 22.7 Å². The molecular weight excluding hydrogens is 382 g/mol. The minimum absolute atomic E-state index is 0.0223. The van der Waals surface area contributed by atoms with Crippen LogP contribution in [0, 0.1) is 12.8 Å². The van der Waals surface area contributed by atoms with Crippen LogP contribution < -0.4 is 5.32 Å². The number of amides is 1. The molecule has 1 amide bonds. The zero-order valence-electron chi connectivity index (χ0n) is 12.0. The van der Waals surface area contributed by atoms with Crippen LogP contribution in [0.25, 0.3) is 0 Å². The van der Waals surface area contributed by atoms with Crippen molar-refractivity contribution in [2.24, 2.45) is 5.92 Å². The molecule has 110 valence electrons. The largest absolute Gasteiger partial charge is 0.346 e. The van der Waals surface area contributed by atoms with E-state index in [1.807, 2.05) is 25.1 Å². The van der Waals surface area contributed by atoms with Gasteiger partial charge in [0.15, 0.2) is 0 Å². The molecule has 2 unspecified atom stereocenters. The lowest BCUT2D eigenvalue weighted by atomic mass is 9.77. The molecule has 1 N–H and O–H groups in total. The Balaban J connectivity index is 2.19. The molecule has 0 bridgehead atoms. The van der Waals surface area contributed by atoms with Gasteiger partial charge in [0, 0.05) is 9.80 Å². The number of hydrogen-bond acceptors (Lipinski definition) is 1. The van der Waals surface area contributed by atoms with E-state index in [1.165, 1.54) is 12.8 Å². The van der Waals surface area contributed by atoms with Crippen LogP contribution in [-0.4, -0.2) is 16.8 Å². The van der Waals surface area contributed by atoms with Gasteiger partial charge >= 0.3 is 0 Å². The molecule has 0 spiro atoms. The smallest absolute Gasteiger partial charge is 0.252 e. The van der Waals surface area contributed by atoms with Crippen molar-refractivity contribution in [1.29, 1.82) is 0 Å². The number of nitrogens with one attached hydrogen (secondary N) is 1. The maximum Gasteiger partial charge on any atom is 0.252 e. The first-order valence-electron chi connectivity index (χ1n) is 7.11. The lowest BCUT2D eigenvalue weighted by Gasteiger charge is -2.39. The standard InChI is InChI=1S/C16H21Br2NO/c1-11-5-4-8-16(9-11,10-17)19-15(20)13-7-3-6-12(2)14(13)18/h3,6-7,11H,4-5,8-10H2,1-2H3,(H,19,20). The Kier molecular flexibility index (Phi) is 5.30.